The number of nitrogens with one attached hydrogen (secondary N) is 1. The van der Waals surface area contributed by atoms with Crippen LogP contribution in [-0.2, 0) is 9.53 Å². The summed E-state index contributed by atoms with van der Waals surface area (Å²) in [5.41, 5.74) is 0.970. The first-order valence-corrected chi connectivity index (χ1v) is 10.3. The van der Waals surface area contributed by atoms with E-state index in [4.69, 9.17) is 23.7 Å². The largest absolute Gasteiger partial charge is 0.497 e. The van der Waals surface area contributed by atoms with Gasteiger partial charge in [-0.3, -0.25) is 4.79 Å². The standard InChI is InChI=1S/C25H23NO7/c1-29-20-6-4-5-18(13-20)26-24(27)16-30-19-11-9-17(10-12-19)25(28)32-15-21-14-31-22-7-2-3-8-23(22)33-21/h2-13,21H,14-16H2,1H3,(H,26,27). The maximum atomic E-state index is 12.3. The van der Waals surface area contributed by atoms with Crippen molar-refractivity contribution in [1.29, 1.82) is 0 Å². The molecule has 1 heterocycles. The quantitative estimate of drug-likeness (QED) is 0.524. The van der Waals surface area contributed by atoms with Crippen LogP contribution in [0.4, 0.5) is 5.69 Å². The molecule has 0 aliphatic carbocycles. The number of rotatable bonds is 8. The summed E-state index contributed by atoms with van der Waals surface area (Å²) < 4.78 is 27.4. The van der Waals surface area contributed by atoms with E-state index in [2.05, 4.69) is 5.32 Å². The van der Waals surface area contributed by atoms with Gasteiger partial charge in [0, 0.05) is 11.8 Å². The Morgan fingerprint density at radius 1 is 0.970 bits per heavy atom. The van der Waals surface area contributed by atoms with E-state index >= 15 is 0 Å². The van der Waals surface area contributed by atoms with E-state index in [0.717, 1.165) is 0 Å². The lowest BCUT2D eigenvalue weighted by molar-refractivity contribution is -0.118. The van der Waals surface area contributed by atoms with Crippen LogP contribution >= 0.6 is 0 Å². The van der Waals surface area contributed by atoms with E-state index < -0.39 is 5.97 Å². The molecule has 3 aromatic rings. The van der Waals surface area contributed by atoms with Crippen LogP contribution in [0.15, 0.2) is 72.8 Å². The van der Waals surface area contributed by atoms with Gasteiger partial charge in [-0.1, -0.05) is 18.2 Å². The van der Waals surface area contributed by atoms with Crippen LogP contribution in [0.2, 0.25) is 0 Å². The minimum absolute atomic E-state index is 0.0653. The molecule has 33 heavy (non-hydrogen) atoms. The zero-order valence-electron chi connectivity index (χ0n) is 18.0. The summed E-state index contributed by atoms with van der Waals surface area (Å²) in [6.07, 6.45) is -0.380. The third-order valence-corrected chi connectivity index (χ3v) is 4.78. The lowest BCUT2D eigenvalue weighted by Gasteiger charge is -2.26. The van der Waals surface area contributed by atoms with Crippen molar-refractivity contribution in [3.8, 4) is 23.0 Å². The summed E-state index contributed by atoms with van der Waals surface area (Å²) in [5.74, 6) is 1.59. The third-order valence-electron chi connectivity index (χ3n) is 4.78. The molecule has 0 bridgehead atoms. The van der Waals surface area contributed by atoms with Gasteiger partial charge in [-0.15, -0.1) is 0 Å². The van der Waals surface area contributed by atoms with E-state index in [0.29, 0.717) is 40.9 Å². The van der Waals surface area contributed by atoms with Gasteiger partial charge in [0.05, 0.1) is 12.7 Å². The van der Waals surface area contributed by atoms with E-state index in [1.165, 1.54) is 0 Å². The molecule has 1 N–H and O–H groups in total. The van der Waals surface area contributed by atoms with E-state index in [-0.39, 0.29) is 25.2 Å². The lowest BCUT2D eigenvalue weighted by atomic mass is 10.2. The van der Waals surface area contributed by atoms with Crippen molar-refractivity contribution >= 4 is 17.6 Å². The Balaban J connectivity index is 1.22. The molecule has 1 unspecified atom stereocenters. The summed E-state index contributed by atoms with van der Waals surface area (Å²) in [6.45, 7) is 0.187. The van der Waals surface area contributed by atoms with E-state index in [1.54, 1.807) is 61.7 Å². The van der Waals surface area contributed by atoms with Crippen LogP contribution in [0.5, 0.6) is 23.0 Å². The summed E-state index contributed by atoms with van der Waals surface area (Å²) in [7, 11) is 1.56. The van der Waals surface area contributed by atoms with Crippen LogP contribution in [0, 0.1) is 0 Å². The van der Waals surface area contributed by atoms with Crippen molar-refractivity contribution in [1.82, 2.24) is 0 Å². The molecule has 0 saturated carbocycles. The van der Waals surface area contributed by atoms with Gasteiger partial charge in [-0.25, -0.2) is 4.79 Å². The summed E-state index contributed by atoms with van der Waals surface area (Å²) in [4.78, 5) is 24.4. The van der Waals surface area contributed by atoms with Crippen molar-refractivity contribution in [2.75, 3.05) is 32.2 Å². The number of esters is 1. The highest BCUT2D eigenvalue weighted by Crippen LogP contribution is 2.31. The zero-order valence-corrected chi connectivity index (χ0v) is 18.0. The average molecular weight is 449 g/mol. The number of carbonyl (C=O) groups excluding carboxylic acids is 2. The van der Waals surface area contributed by atoms with Gasteiger partial charge in [0.15, 0.2) is 24.2 Å². The summed E-state index contributed by atoms with van der Waals surface area (Å²) in [5, 5.41) is 2.73. The second-order valence-electron chi connectivity index (χ2n) is 7.19. The number of fused-ring (bicyclic) bond motifs is 1. The normalized spacial score (nSPS) is 14.2. The van der Waals surface area contributed by atoms with Crippen LogP contribution in [0.1, 0.15) is 10.4 Å². The summed E-state index contributed by atoms with van der Waals surface area (Å²) >= 11 is 0. The molecule has 3 aromatic carbocycles. The molecule has 170 valence electrons. The Labute approximate surface area is 191 Å². The molecular formula is C25H23NO7. The molecule has 8 heteroatoms. The predicted molar refractivity (Wildman–Crippen MR) is 120 cm³/mol. The lowest BCUT2D eigenvalue weighted by Crippen LogP contribution is -2.34. The molecule has 0 aromatic heterocycles. The SMILES string of the molecule is COc1cccc(NC(=O)COc2ccc(C(=O)OCC3COc4ccccc4O3)cc2)c1. The first-order chi connectivity index (χ1) is 16.1. The van der Waals surface area contributed by atoms with Crippen LogP contribution in [0.25, 0.3) is 0 Å². The molecule has 0 radical (unpaired) electrons. The monoisotopic (exact) mass is 449 g/mol. The molecule has 1 aliphatic rings. The Morgan fingerprint density at radius 3 is 2.55 bits per heavy atom. The first kappa shape index (κ1) is 22.0. The Hall–Kier alpha value is -4.20. The number of hydrogen-bond donors (Lipinski definition) is 1. The number of carbonyl (C=O) groups is 2. The van der Waals surface area contributed by atoms with Crippen LogP contribution in [-0.4, -0.2) is 44.9 Å². The third kappa shape index (κ3) is 5.94. The molecule has 0 saturated heterocycles. The van der Waals surface area contributed by atoms with Crippen molar-refractivity contribution in [2.24, 2.45) is 0 Å². The van der Waals surface area contributed by atoms with Gasteiger partial charge in [-0.2, -0.15) is 0 Å². The Bertz CT molecular complexity index is 1110. The number of amides is 1. The van der Waals surface area contributed by atoms with Crippen LogP contribution < -0.4 is 24.3 Å². The van der Waals surface area contributed by atoms with E-state index in [9.17, 15) is 9.59 Å². The number of hydrogen-bond acceptors (Lipinski definition) is 7. The minimum Gasteiger partial charge on any atom is -0.497 e. The number of benzene rings is 3. The molecule has 1 amide bonds. The first-order valence-electron chi connectivity index (χ1n) is 10.3. The molecule has 8 nitrogen and oxygen atoms in total. The van der Waals surface area contributed by atoms with Gasteiger partial charge >= 0.3 is 5.97 Å². The number of methoxy groups -OCH3 is 1. The van der Waals surface area contributed by atoms with Crippen molar-refractivity contribution < 1.29 is 33.3 Å². The fourth-order valence-electron chi connectivity index (χ4n) is 3.13. The molecular weight excluding hydrogens is 426 g/mol. The van der Waals surface area contributed by atoms with Gasteiger partial charge in [0.1, 0.15) is 24.7 Å². The second-order valence-corrected chi connectivity index (χ2v) is 7.19. The fourth-order valence-corrected chi connectivity index (χ4v) is 3.13. The highest BCUT2D eigenvalue weighted by Gasteiger charge is 2.22. The Kier molecular flexibility index (Phi) is 6.94. The maximum Gasteiger partial charge on any atom is 0.338 e. The zero-order chi connectivity index (χ0) is 23.0. The Morgan fingerprint density at radius 2 is 1.76 bits per heavy atom. The predicted octanol–water partition coefficient (Wildman–Crippen LogP) is 3.71. The minimum atomic E-state index is -0.486. The van der Waals surface area contributed by atoms with Gasteiger partial charge in [0.25, 0.3) is 5.91 Å². The topological polar surface area (TPSA) is 92.3 Å². The molecule has 1 aliphatic heterocycles. The fraction of sp³-hybridized carbons (Fsp3) is 0.200. The number of para-hydroxylation sites is 2. The number of ether oxygens (including phenoxy) is 5. The van der Waals surface area contributed by atoms with Crippen molar-refractivity contribution in [3.05, 3.63) is 78.4 Å². The van der Waals surface area contributed by atoms with Gasteiger partial charge in [0.2, 0.25) is 0 Å². The van der Waals surface area contributed by atoms with Crippen molar-refractivity contribution in [3.63, 3.8) is 0 Å². The second kappa shape index (κ2) is 10.4. The smallest absolute Gasteiger partial charge is 0.338 e. The molecule has 0 fully saturated rings. The van der Waals surface area contributed by atoms with Crippen molar-refractivity contribution in [2.45, 2.75) is 6.10 Å². The van der Waals surface area contributed by atoms with E-state index in [1.807, 2.05) is 18.2 Å². The van der Waals surface area contributed by atoms with Crippen LogP contribution in [0.3, 0.4) is 0 Å². The van der Waals surface area contributed by atoms with Gasteiger partial charge < -0.3 is 29.0 Å². The molecule has 0 spiro atoms. The average Bonchev–Trinajstić information content (AvgIpc) is 2.86. The highest BCUT2D eigenvalue weighted by atomic mass is 16.6. The molecule has 4 rings (SSSR count). The maximum absolute atomic E-state index is 12.3. The summed E-state index contributed by atoms with van der Waals surface area (Å²) in [6, 6.07) is 20.7. The molecule has 1 atom stereocenters. The van der Waals surface area contributed by atoms with Gasteiger partial charge in [-0.05, 0) is 48.5 Å². The number of anilines is 1. The highest BCUT2D eigenvalue weighted by molar-refractivity contribution is 5.92.